The molecule has 0 amide bonds. The van der Waals surface area contributed by atoms with Crippen LogP contribution in [0.3, 0.4) is 0 Å². The van der Waals surface area contributed by atoms with Crippen molar-refractivity contribution in [2.24, 2.45) is 5.92 Å². The molecule has 4 heteroatoms. The second-order valence-corrected chi connectivity index (χ2v) is 3.27. The van der Waals surface area contributed by atoms with Crippen molar-refractivity contribution in [1.29, 1.82) is 0 Å². The number of aliphatic hydroxyl groups excluding tert-OH is 1. The number of rotatable bonds is 4. The lowest BCUT2D eigenvalue weighted by Crippen LogP contribution is -2.15. The number of halogens is 1. The van der Waals surface area contributed by atoms with E-state index in [-0.39, 0.29) is 11.5 Å². The molecule has 78 valence electrons. The number of aliphatic hydroxyl groups is 1. The predicted octanol–water partition coefficient (Wildman–Crippen LogP) is 1.54. The Bertz CT molecular complexity index is 293. The first-order chi connectivity index (χ1) is 6.66. The van der Waals surface area contributed by atoms with Gasteiger partial charge in [-0.25, -0.2) is 4.39 Å². The number of ether oxygens (including phenoxy) is 1. The Morgan fingerprint density at radius 3 is 2.93 bits per heavy atom. The number of hydrogen-bond acceptors (Lipinski definition) is 3. The van der Waals surface area contributed by atoms with Gasteiger partial charge in [-0.1, -0.05) is 6.92 Å². The van der Waals surface area contributed by atoms with E-state index in [1.54, 1.807) is 14.0 Å². The van der Waals surface area contributed by atoms with E-state index < -0.39 is 11.9 Å². The topological polar surface area (TPSA) is 42.4 Å². The van der Waals surface area contributed by atoms with Crippen LogP contribution in [-0.2, 0) is 4.74 Å². The SMILES string of the molecule is COCC(C)C(O)c1ccncc1F. The van der Waals surface area contributed by atoms with Crippen LogP contribution in [0.4, 0.5) is 4.39 Å². The van der Waals surface area contributed by atoms with Crippen LogP contribution in [0.25, 0.3) is 0 Å². The highest BCUT2D eigenvalue weighted by molar-refractivity contribution is 5.16. The van der Waals surface area contributed by atoms with Crippen molar-refractivity contribution >= 4 is 0 Å². The van der Waals surface area contributed by atoms with Crippen molar-refractivity contribution in [2.75, 3.05) is 13.7 Å². The minimum Gasteiger partial charge on any atom is -0.388 e. The van der Waals surface area contributed by atoms with Crippen molar-refractivity contribution in [2.45, 2.75) is 13.0 Å². The van der Waals surface area contributed by atoms with Crippen LogP contribution >= 0.6 is 0 Å². The predicted molar refractivity (Wildman–Crippen MR) is 50.2 cm³/mol. The molecular weight excluding hydrogens is 185 g/mol. The fourth-order valence-electron chi connectivity index (χ4n) is 1.29. The second-order valence-electron chi connectivity index (χ2n) is 3.27. The minimum atomic E-state index is -0.849. The zero-order valence-corrected chi connectivity index (χ0v) is 8.27. The lowest BCUT2D eigenvalue weighted by atomic mass is 9.99. The van der Waals surface area contributed by atoms with Crippen molar-refractivity contribution in [1.82, 2.24) is 4.98 Å². The number of hydrogen-bond donors (Lipinski definition) is 1. The molecule has 1 aromatic heterocycles. The quantitative estimate of drug-likeness (QED) is 0.799. The number of methoxy groups -OCH3 is 1. The highest BCUT2D eigenvalue weighted by Gasteiger charge is 2.19. The summed E-state index contributed by atoms with van der Waals surface area (Å²) in [5.74, 6) is -0.625. The third-order valence-corrected chi connectivity index (χ3v) is 2.09. The summed E-state index contributed by atoms with van der Waals surface area (Å²) < 4.78 is 18.1. The number of aromatic nitrogens is 1. The standard InChI is InChI=1S/C10H14FNO2/c1-7(6-14-2)10(13)8-3-4-12-5-9(8)11/h3-5,7,10,13H,6H2,1-2H3. The first kappa shape index (κ1) is 11.1. The first-order valence-electron chi connectivity index (χ1n) is 4.43. The van der Waals surface area contributed by atoms with Crippen molar-refractivity contribution in [3.63, 3.8) is 0 Å². The van der Waals surface area contributed by atoms with E-state index in [2.05, 4.69) is 4.98 Å². The maximum absolute atomic E-state index is 13.2. The first-order valence-corrected chi connectivity index (χ1v) is 4.43. The van der Waals surface area contributed by atoms with Gasteiger partial charge in [0.15, 0.2) is 0 Å². The van der Waals surface area contributed by atoms with Gasteiger partial charge in [-0.05, 0) is 6.07 Å². The second kappa shape index (κ2) is 5.02. The Hall–Kier alpha value is -1.00. The van der Waals surface area contributed by atoms with Gasteiger partial charge in [-0.15, -0.1) is 0 Å². The molecule has 0 aromatic carbocycles. The summed E-state index contributed by atoms with van der Waals surface area (Å²) in [4.78, 5) is 3.62. The van der Waals surface area contributed by atoms with E-state index in [1.165, 1.54) is 12.3 Å². The molecular formula is C10H14FNO2. The number of nitrogens with zero attached hydrogens (tertiary/aromatic N) is 1. The van der Waals surface area contributed by atoms with E-state index >= 15 is 0 Å². The molecule has 2 atom stereocenters. The molecule has 0 bridgehead atoms. The Labute approximate surface area is 82.5 Å². The molecule has 0 fully saturated rings. The summed E-state index contributed by atoms with van der Waals surface area (Å²) >= 11 is 0. The highest BCUT2D eigenvalue weighted by Crippen LogP contribution is 2.23. The van der Waals surface area contributed by atoms with E-state index in [1.807, 2.05) is 0 Å². The summed E-state index contributed by atoms with van der Waals surface area (Å²) in [5, 5.41) is 9.75. The van der Waals surface area contributed by atoms with Gasteiger partial charge in [0.1, 0.15) is 5.82 Å². The molecule has 0 saturated carbocycles. The molecule has 0 radical (unpaired) electrons. The monoisotopic (exact) mass is 199 g/mol. The molecule has 0 aliphatic carbocycles. The average Bonchev–Trinajstić information content (AvgIpc) is 2.18. The summed E-state index contributed by atoms with van der Waals surface area (Å²) in [5.41, 5.74) is 0.268. The lowest BCUT2D eigenvalue weighted by molar-refractivity contribution is 0.0544. The maximum Gasteiger partial charge on any atom is 0.147 e. The highest BCUT2D eigenvalue weighted by atomic mass is 19.1. The van der Waals surface area contributed by atoms with Gasteiger partial charge in [0.2, 0.25) is 0 Å². The molecule has 1 N–H and O–H groups in total. The summed E-state index contributed by atoms with van der Waals surface area (Å²) in [6, 6.07) is 1.48. The van der Waals surface area contributed by atoms with Gasteiger partial charge in [0, 0.05) is 24.8 Å². The largest absolute Gasteiger partial charge is 0.388 e. The van der Waals surface area contributed by atoms with Crippen LogP contribution in [-0.4, -0.2) is 23.8 Å². The number of pyridine rings is 1. The van der Waals surface area contributed by atoms with Crippen LogP contribution in [0.2, 0.25) is 0 Å². The van der Waals surface area contributed by atoms with E-state index in [0.717, 1.165) is 6.20 Å². The Kier molecular flexibility index (Phi) is 3.98. The maximum atomic E-state index is 13.2. The van der Waals surface area contributed by atoms with Crippen LogP contribution in [0, 0.1) is 11.7 Å². The van der Waals surface area contributed by atoms with Gasteiger partial charge in [-0.3, -0.25) is 4.98 Å². The summed E-state index contributed by atoms with van der Waals surface area (Å²) in [7, 11) is 1.55. The molecule has 14 heavy (non-hydrogen) atoms. The molecule has 2 unspecified atom stereocenters. The summed E-state index contributed by atoms with van der Waals surface area (Å²) in [6.07, 6.45) is 1.71. The molecule has 1 aromatic rings. The Morgan fingerprint density at radius 1 is 1.64 bits per heavy atom. The van der Waals surface area contributed by atoms with Crippen molar-refractivity contribution < 1.29 is 14.2 Å². The molecule has 3 nitrogen and oxygen atoms in total. The lowest BCUT2D eigenvalue weighted by Gasteiger charge is -2.18. The molecule has 0 aliphatic rings. The third-order valence-electron chi connectivity index (χ3n) is 2.09. The molecule has 0 aliphatic heterocycles. The van der Waals surface area contributed by atoms with Crippen LogP contribution < -0.4 is 0 Å². The zero-order valence-electron chi connectivity index (χ0n) is 8.27. The van der Waals surface area contributed by atoms with Gasteiger partial charge in [-0.2, -0.15) is 0 Å². The smallest absolute Gasteiger partial charge is 0.147 e. The molecule has 0 spiro atoms. The van der Waals surface area contributed by atoms with Crippen LogP contribution in [0.15, 0.2) is 18.5 Å². The Balaban J connectivity index is 2.78. The Morgan fingerprint density at radius 2 is 2.36 bits per heavy atom. The van der Waals surface area contributed by atoms with Crippen LogP contribution in [0.5, 0.6) is 0 Å². The summed E-state index contributed by atoms with van der Waals surface area (Å²) in [6.45, 7) is 2.19. The van der Waals surface area contributed by atoms with Crippen molar-refractivity contribution in [3.05, 3.63) is 29.8 Å². The van der Waals surface area contributed by atoms with Gasteiger partial charge >= 0.3 is 0 Å². The zero-order chi connectivity index (χ0) is 10.6. The molecule has 1 heterocycles. The molecule has 1 rings (SSSR count). The average molecular weight is 199 g/mol. The van der Waals surface area contributed by atoms with Gasteiger partial charge in [0.25, 0.3) is 0 Å². The van der Waals surface area contributed by atoms with E-state index in [0.29, 0.717) is 6.61 Å². The van der Waals surface area contributed by atoms with E-state index in [9.17, 15) is 9.50 Å². The fraction of sp³-hybridized carbons (Fsp3) is 0.500. The van der Waals surface area contributed by atoms with E-state index in [4.69, 9.17) is 4.74 Å². The normalized spacial score (nSPS) is 15.1. The van der Waals surface area contributed by atoms with Gasteiger partial charge < -0.3 is 9.84 Å². The minimum absolute atomic E-state index is 0.142. The molecule has 0 saturated heterocycles. The third kappa shape index (κ3) is 2.49. The fourth-order valence-corrected chi connectivity index (χ4v) is 1.29. The van der Waals surface area contributed by atoms with Crippen molar-refractivity contribution in [3.8, 4) is 0 Å². The van der Waals surface area contributed by atoms with Gasteiger partial charge in [0.05, 0.1) is 18.9 Å². The van der Waals surface area contributed by atoms with Crippen LogP contribution in [0.1, 0.15) is 18.6 Å².